The molecule has 0 saturated heterocycles. The van der Waals surface area contributed by atoms with Gasteiger partial charge in [-0.25, -0.2) is 0 Å². The van der Waals surface area contributed by atoms with Crippen molar-refractivity contribution in [3.05, 3.63) is 24.3 Å². The number of anilines is 1. The molecular weight excluding hydrogens is 220 g/mol. The predicted molar refractivity (Wildman–Crippen MR) is 66.1 cm³/mol. The van der Waals surface area contributed by atoms with Crippen LogP contribution in [0.4, 0.5) is 5.69 Å². The topological polar surface area (TPSA) is 73.6 Å². The molecule has 1 rings (SSSR count). The summed E-state index contributed by atoms with van der Waals surface area (Å²) in [5.74, 6) is 0.462. The normalized spacial score (nSPS) is 11.9. The van der Waals surface area contributed by atoms with Gasteiger partial charge in [-0.05, 0) is 18.6 Å². The van der Waals surface area contributed by atoms with Crippen LogP contribution in [0.3, 0.4) is 0 Å². The first-order chi connectivity index (χ1) is 8.17. The zero-order valence-corrected chi connectivity index (χ0v) is 10.1. The van der Waals surface area contributed by atoms with Crippen LogP contribution in [0, 0.1) is 0 Å². The summed E-state index contributed by atoms with van der Waals surface area (Å²) >= 11 is 0. The summed E-state index contributed by atoms with van der Waals surface area (Å²) in [6.07, 6.45) is 0.492. The molecule has 0 spiro atoms. The molecule has 94 valence electrons. The van der Waals surface area contributed by atoms with Crippen molar-refractivity contribution in [2.24, 2.45) is 5.73 Å². The molecule has 5 heteroatoms. The highest BCUT2D eigenvalue weighted by atomic mass is 16.5. The molecule has 5 nitrogen and oxygen atoms in total. The molecule has 1 amide bonds. The number of carbonyl (C=O) groups excluding carboxylic acids is 1. The lowest BCUT2D eigenvalue weighted by Crippen LogP contribution is -2.36. The second-order valence-electron chi connectivity index (χ2n) is 3.61. The molecule has 0 aliphatic carbocycles. The van der Waals surface area contributed by atoms with E-state index in [9.17, 15) is 4.79 Å². The van der Waals surface area contributed by atoms with Gasteiger partial charge in [0.1, 0.15) is 5.75 Å². The van der Waals surface area contributed by atoms with E-state index in [0.717, 1.165) is 0 Å². The number of amides is 1. The molecule has 1 aromatic rings. The molecule has 0 aliphatic heterocycles. The van der Waals surface area contributed by atoms with Crippen LogP contribution in [-0.2, 0) is 9.53 Å². The van der Waals surface area contributed by atoms with Gasteiger partial charge >= 0.3 is 0 Å². The number of hydrogen-bond donors (Lipinski definition) is 2. The molecule has 0 saturated carbocycles. The highest BCUT2D eigenvalue weighted by Gasteiger charge is 2.13. The third kappa shape index (κ3) is 4.42. The van der Waals surface area contributed by atoms with Crippen LogP contribution in [0.25, 0.3) is 0 Å². The first-order valence-electron chi connectivity index (χ1n) is 5.37. The van der Waals surface area contributed by atoms with Gasteiger partial charge < -0.3 is 20.5 Å². The number of benzene rings is 1. The summed E-state index contributed by atoms with van der Waals surface area (Å²) in [4.78, 5) is 11.7. The van der Waals surface area contributed by atoms with Crippen LogP contribution in [0.1, 0.15) is 6.42 Å². The summed E-state index contributed by atoms with van der Waals surface area (Å²) in [6, 6.07) is 6.56. The first kappa shape index (κ1) is 13.5. The fraction of sp³-hybridized carbons (Fsp3) is 0.417. The summed E-state index contributed by atoms with van der Waals surface area (Å²) in [7, 11) is 3.15. The van der Waals surface area contributed by atoms with E-state index >= 15 is 0 Å². The largest absolute Gasteiger partial charge is 0.497 e. The van der Waals surface area contributed by atoms with Gasteiger partial charge in [-0.1, -0.05) is 6.07 Å². The minimum atomic E-state index is -0.568. The Morgan fingerprint density at radius 1 is 1.47 bits per heavy atom. The van der Waals surface area contributed by atoms with Crippen LogP contribution in [0.15, 0.2) is 24.3 Å². The van der Waals surface area contributed by atoms with E-state index in [1.54, 1.807) is 38.5 Å². The van der Waals surface area contributed by atoms with E-state index in [0.29, 0.717) is 24.5 Å². The average molecular weight is 238 g/mol. The summed E-state index contributed by atoms with van der Waals surface area (Å²) in [6.45, 7) is 0.465. The van der Waals surface area contributed by atoms with Gasteiger partial charge in [0.2, 0.25) is 5.91 Å². The molecule has 0 aliphatic rings. The Labute approximate surface area is 101 Å². The van der Waals surface area contributed by atoms with Gasteiger partial charge in [0.25, 0.3) is 0 Å². The van der Waals surface area contributed by atoms with Gasteiger partial charge in [-0.15, -0.1) is 0 Å². The van der Waals surface area contributed by atoms with Crippen LogP contribution in [0.5, 0.6) is 5.75 Å². The Bertz CT molecular complexity index is 369. The molecule has 1 atom stereocenters. The lowest BCUT2D eigenvalue weighted by Gasteiger charge is -2.12. The van der Waals surface area contributed by atoms with E-state index in [4.69, 9.17) is 15.2 Å². The van der Waals surface area contributed by atoms with E-state index in [1.807, 2.05) is 0 Å². The SMILES string of the molecule is COCCC(N)C(=O)Nc1cccc(OC)c1. The van der Waals surface area contributed by atoms with Crippen molar-refractivity contribution in [1.29, 1.82) is 0 Å². The van der Waals surface area contributed by atoms with E-state index in [1.165, 1.54) is 0 Å². The molecule has 0 fully saturated rings. The lowest BCUT2D eigenvalue weighted by molar-refractivity contribution is -0.117. The molecule has 17 heavy (non-hydrogen) atoms. The van der Waals surface area contributed by atoms with Crippen molar-refractivity contribution in [2.45, 2.75) is 12.5 Å². The van der Waals surface area contributed by atoms with Crippen LogP contribution in [0.2, 0.25) is 0 Å². The average Bonchev–Trinajstić information content (AvgIpc) is 2.36. The zero-order valence-electron chi connectivity index (χ0n) is 10.1. The maximum atomic E-state index is 11.7. The van der Waals surface area contributed by atoms with Gasteiger partial charge in [-0.3, -0.25) is 4.79 Å². The van der Waals surface area contributed by atoms with Gasteiger partial charge in [0.15, 0.2) is 0 Å². The van der Waals surface area contributed by atoms with Crippen LogP contribution < -0.4 is 15.8 Å². The highest BCUT2D eigenvalue weighted by Crippen LogP contribution is 2.16. The molecule has 3 N–H and O–H groups in total. The van der Waals surface area contributed by atoms with Gasteiger partial charge in [0, 0.05) is 25.5 Å². The van der Waals surface area contributed by atoms with Gasteiger partial charge in [0.05, 0.1) is 13.2 Å². The van der Waals surface area contributed by atoms with Crippen LogP contribution in [-0.4, -0.2) is 32.8 Å². The Balaban J connectivity index is 2.54. The number of hydrogen-bond acceptors (Lipinski definition) is 4. The standard InChI is InChI=1S/C12H18N2O3/c1-16-7-6-11(13)12(15)14-9-4-3-5-10(8-9)17-2/h3-5,8,11H,6-7,13H2,1-2H3,(H,14,15). The predicted octanol–water partition coefficient (Wildman–Crippen LogP) is 0.997. The highest BCUT2D eigenvalue weighted by molar-refractivity contribution is 5.94. The number of ether oxygens (including phenoxy) is 2. The monoisotopic (exact) mass is 238 g/mol. The summed E-state index contributed by atoms with van der Waals surface area (Å²) < 4.78 is 9.93. The molecule has 1 unspecified atom stereocenters. The van der Waals surface area contributed by atoms with E-state index < -0.39 is 6.04 Å². The molecule has 1 aromatic carbocycles. The Morgan fingerprint density at radius 2 is 2.24 bits per heavy atom. The minimum absolute atomic E-state index is 0.227. The van der Waals surface area contributed by atoms with Crippen molar-refractivity contribution in [2.75, 3.05) is 26.1 Å². The zero-order chi connectivity index (χ0) is 12.7. The molecule has 0 aromatic heterocycles. The van der Waals surface area contributed by atoms with E-state index in [-0.39, 0.29) is 5.91 Å². The maximum Gasteiger partial charge on any atom is 0.241 e. The van der Waals surface area contributed by atoms with Crippen molar-refractivity contribution in [1.82, 2.24) is 0 Å². The number of carbonyl (C=O) groups is 1. The maximum absolute atomic E-state index is 11.7. The Kier molecular flexibility index (Phi) is 5.45. The van der Waals surface area contributed by atoms with Crippen molar-refractivity contribution in [3.63, 3.8) is 0 Å². The Morgan fingerprint density at radius 3 is 2.88 bits per heavy atom. The third-order valence-electron chi connectivity index (χ3n) is 2.31. The van der Waals surface area contributed by atoms with Crippen LogP contribution >= 0.6 is 0 Å². The molecule has 0 heterocycles. The number of rotatable bonds is 6. The lowest BCUT2D eigenvalue weighted by atomic mass is 10.2. The van der Waals surface area contributed by atoms with Crippen molar-refractivity contribution < 1.29 is 14.3 Å². The fourth-order valence-corrected chi connectivity index (χ4v) is 1.31. The summed E-state index contributed by atoms with van der Waals surface area (Å²) in [5, 5.41) is 2.73. The third-order valence-corrected chi connectivity index (χ3v) is 2.31. The second-order valence-corrected chi connectivity index (χ2v) is 3.61. The second kappa shape index (κ2) is 6.88. The summed E-state index contributed by atoms with van der Waals surface area (Å²) in [5.41, 5.74) is 6.37. The fourth-order valence-electron chi connectivity index (χ4n) is 1.31. The van der Waals surface area contributed by atoms with Gasteiger partial charge in [-0.2, -0.15) is 0 Å². The number of methoxy groups -OCH3 is 2. The van der Waals surface area contributed by atoms with E-state index in [2.05, 4.69) is 5.32 Å². The minimum Gasteiger partial charge on any atom is -0.497 e. The number of nitrogens with one attached hydrogen (secondary N) is 1. The quantitative estimate of drug-likeness (QED) is 0.775. The van der Waals surface area contributed by atoms with Crippen molar-refractivity contribution >= 4 is 11.6 Å². The number of nitrogens with two attached hydrogens (primary N) is 1. The Hall–Kier alpha value is -1.59. The molecular formula is C12H18N2O3. The smallest absolute Gasteiger partial charge is 0.241 e. The molecule has 0 radical (unpaired) electrons. The van der Waals surface area contributed by atoms with Crippen molar-refractivity contribution in [3.8, 4) is 5.75 Å². The molecule has 0 bridgehead atoms. The first-order valence-corrected chi connectivity index (χ1v) is 5.37.